The maximum atomic E-state index is 13.7. The number of carbonyl (C=O) groups is 2. The van der Waals surface area contributed by atoms with Crippen LogP contribution in [0.25, 0.3) is 0 Å². The molecule has 21 heavy (non-hydrogen) atoms. The highest BCUT2D eigenvalue weighted by molar-refractivity contribution is 7.07. The third-order valence-corrected chi connectivity index (χ3v) is 3.54. The number of nitrogens with one attached hydrogen (secondary N) is 1. The number of aromatic carboxylic acids is 1. The number of hydrogen-bond donors (Lipinski definition) is 2. The summed E-state index contributed by atoms with van der Waals surface area (Å²) >= 11 is 1.53. The molecule has 1 aromatic carbocycles. The zero-order valence-corrected chi connectivity index (χ0v) is 12.0. The number of benzene rings is 1. The molecule has 0 aliphatic rings. The molecule has 2 rings (SSSR count). The van der Waals surface area contributed by atoms with E-state index in [0.717, 1.165) is 11.6 Å². The van der Waals surface area contributed by atoms with Gasteiger partial charge >= 0.3 is 12.0 Å². The van der Waals surface area contributed by atoms with Crippen LogP contribution in [0.3, 0.4) is 0 Å². The lowest BCUT2D eigenvalue weighted by atomic mass is 10.2. The lowest BCUT2D eigenvalue weighted by Crippen LogP contribution is -2.31. The van der Waals surface area contributed by atoms with Crippen LogP contribution in [0.5, 0.6) is 0 Å². The molecule has 0 radical (unpaired) electrons. The van der Waals surface area contributed by atoms with Gasteiger partial charge in [0.15, 0.2) is 0 Å². The minimum atomic E-state index is -1.22. The van der Waals surface area contributed by atoms with Crippen molar-refractivity contribution in [2.24, 2.45) is 0 Å². The molecule has 110 valence electrons. The van der Waals surface area contributed by atoms with Gasteiger partial charge in [-0.15, -0.1) is 0 Å². The van der Waals surface area contributed by atoms with E-state index < -0.39 is 17.8 Å². The van der Waals surface area contributed by atoms with Gasteiger partial charge in [-0.3, -0.25) is 0 Å². The van der Waals surface area contributed by atoms with Gasteiger partial charge in [0.05, 0.1) is 11.3 Å². The highest BCUT2D eigenvalue weighted by atomic mass is 32.1. The first kappa shape index (κ1) is 15.0. The molecule has 0 aliphatic carbocycles. The van der Waals surface area contributed by atoms with Gasteiger partial charge in [-0.1, -0.05) is 0 Å². The number of amides is 2. The second kappa shape index (κ2) is 6.36. The van der Waals surface area contributed by atoms with Crippen molar-refractivity contribution in [2.45, 2.75) is 6.54 Å². The van der Waals surface area contributed by atoms with Crippen LogP contribution < -0.4 is 5.32 Å². The van der Waals surface area contributed by atoms with E-state index in [9.17, 15) is 14.0 Å². The molecule has 0 fully saturated rings. The Bertz CT molecular complexity index is 658. The lowest BCUT2D eigenvalue weighted by molar-refractivity contribution is 0.0696. The number of thiophene rings is 1. The quantitative estimate of drug-likeness (QED) is 0.911. The van der Waals surface area contributed by atoms with Gasteiger partial charge in [0.25, 0.3) is 0 Å². The second-order valence-electron chi connectivity index (χ2n) is 4.42. The van der Waals surface area contributed by atoms with Crippen molar-refractivity contribution in [3.63, 3.8) is 0 Å². The molecule has 5 nitrogen and oxygen atoms in total. The van der Waals surface area contributed by atoms with Crippen molar-refractivity contribution in [3.05, 3.63) is 52.0 Å². The fourth-order valence-electron chi connectivity index (χ4n) is 1.69. The molecule has 2 N–H and O–H groups in total. The van der Waals surface area contributed by atoms with E-state index in [1.54, 1.807) is 7.05 Å². The van der Waals surface area contributed by atoms with Gasteiger partial charge in [0.2, 0.25) is 0 Å². The minimum absolute atomic E-state index is 0.0535. The molecular weight excluding hydrogens is 295 g/mol. The second-order valence-corrected chi connectivity index (χ2v) is 5.20. The number of carboxylic acid groups (broad SMARTS) is 1. The average molecular weight is 308 g/mol. The topological polar surface area (TPSA) is 69.6 Å². The van der Waals surface area contributed by atoms with Crippen LogP contribution in [0.2, 0.25) is 0 Å². The van der Waals surface area contributed by atoms with E-state index in [1.165, 1.54) is 28.4 Å². The molecule has 2 amide bonds. The van der Waals surface area contributed by atoms with Crippen molar-refractivity contribution in [1.82, 2.24) is 4.90 Å². The first-order valence-corrected chi connectivity index (χ1v) is 6.97. The standard InChI is InChI=1S/C14H13FN2O3S/c1-17(7-9-4-5-21-8-9)14(20)16-12-3-2-10(13(18)19)6-11(12)15/h2-6,8H,7H2,1H3,(H,16,20)(H,18,19). The first-order chi connectivity index (χ1) is 9.97. The Hall–Kier alpha value is -2.41. The van der Waals surface area contributed by atoms with Gasteiger partial charge in [-0.25, -0.2) is 14.0 Å². The van der Waals surface area contributed by atoms with Crippen molar-refractivity contribution < 1.29 is 19.1 Å². The summed E-state index contributed by atoms with van der Waals surface area (Å²) in [5.41, 5.74) is 0.763. The molecule has 7 heteroatoms. The molecule has 1 aromatic heterocycles. The van der Waals surface area contributed by atoms with E-state index >= 15 is 0 Å². The lowest BCUT2D eigenvalue weighted by Gasteiger charge is -2.17. The molecule has 2 aromatic rings. The Kier molecular flexibility index (Phi) is 4.54. The van der Waals surface area contributed by atoms with E-state index in [0.29, 0.717) is 6.54 Å². The van der Waals surface area contributed by atoms with Gasteiger partial charge in [0, 0.05) is 13.6 Å². The van der Waals surface area contributed by atoms with Gasteiger partial charge in [0.1, 0.15) is 5.82 Å². The van der Waals surface area contributed by atoms with Crippen LogP contribution in [0.4, 0.5) is 14.9 Å². The number of carbonyl (C=O) groups excluding carboxylic acids is 1. The Labute approximate surface area is 124 Å². The fraction of sp³-hybridized carbons (Fsp3) is 0.143. The molecule has 0 saturated carbocycles. The number of nitrogens with zero attached hydrogens (tertiary/aromatic N) is 1. The monoisotopic (exact) mass is 308 g/mol. The van der Waals surface area contributed by atoms with E-state index in [4.69, 9.17) is 5.11 Å². The van der Waals surface area contributed by atoms with Crippen LogP contribution in [-0.2, 0) is 6.54 Å². The first-order valence-electron chi connectivity index (χ1n) is 6.03. The molecule has 0 atom stereocenters. The fourth-order valence-corrected chi connectivity index (χ4v) is 2.35. The van der Waals surface area contributed by atoms with Crippen LogP contribution >= 0.6 is 11.3 Å². The van der Waals surface area contributed by atoms with Crippen LogP contribution in [0, 0.1) is 5.82 Å². The molecule has 0 aliphatic heterocycles. The highest BCUT2D eigenvalue weighted by Gasteiger charge is 2.13. The summed E-state index contributed by atoms with van der Waals surface area (Å²) in [5.74, 6) is -2.01. The number of rotatable bonds is 4. The number of urea groups is 1. The third-order valence-electron chi connectivity index (χ3n) is 2.80. The average Bonchev–Trinajstić information content (AvgIpc) is 2.93. The molecule has 1 heterocycles. The molecule has 0 bridgehead atoms. The summed E-state index contributed by atoms with van der Waals surface area (Å²) in [7, 11) is 1.59. The molecular formula is C14H13FN2O3S. The number of hydrogen-bond acceptors (Lipinski definition) is 3. The SMILES string of the molecule is CN(Cc1ccsc1)C(=O)Nc1ccc(C(=O)O)cc1F. The summed E-state index contributed by atoms with van der Waals surface area (Å²) in [6, 6.07) is 4.77. The summed E-state index contributed by atoms with van der Waals surface area (Å²) in [6.07, 6.45) is 0. The zero-order chi connectivity index (χ0) is 15.4. The van der Waals surface area contributed by atoms with Crippen LogP contribution in [0.1, 0.15) is 15.9 Å². The highest BCUT2D eigenvalue weighted by Crippen LogP contribution is 2.17. The smallest absolute Gasteiger partial charge is 0.335 e. The molecule has 0 spiro atoms. The van der Waals surface area contributed by atoms with Gasteiger partial charge in [-0.2, -0.15) is 11.3 Å². The van der Waals surface area contributed by atoms with Crippen molar-refractivity contribution in [1.29, 1.82) is 0 Å². The summed E-state index contributed by atoms with van der Waals surface area (Å²) < 4.78 is 13.7. The molecule has 0 unspecified atom stereocenters. The van der Waals surface area contributed by atoms with Crippen molar-refractivity contribution >= 4 is 29.0 Å². The summed E-state index contributed by atoms with van der Waals surface area (Å²) in [5, 5.41) is 15.0. The minimum Gasteiger partial charge on any atom is -0.478 e. The van der Waals surface area contributed by atoms with Crippen LogP contribution in [-0.4, -0.2) is 29.1 Å². The van der Waals surface area contributed by atoms with Crippen molar-refractivity contribution in [2.75, 3.05) is 12.4 Å². The predicted octanol–water partition coefficient (Wildman–Crippen LogP) is 3.25. The van der Waals surface area contributed by atoms with Crippen LogP contribution in [0.15, 0.2) is 35.0 Å². The largest absolute Gasteiger partial charge is 0.478 e. The number of halogens is 1. The zero-order valence-electron chi connectivity index (χ0n) is 11.2. The normalized spacial score (nSPS) is 10.2. The van der Waals surface area contributed by atoms with E-state index in [-0.39, 0.29) is 11.3 Å². The summed E-state index contributed by atoms with van der Waals surface area (Å²) in [4.78, 5) is 24.1. The van der Waals surface area contributed by atoms with Gasteiger partial charge < -0.3 is 15.3 Å². The Balaban J connectivity index is 2.03. The Morgan fingerprint density at radius 2 is 2.14 bits per heavy atom. The predicted molar refractivity (Wildman–Crippen MR) is 78.2 cm³/mol. The van der Waals surface area contributed by atoms with E-state index in [2.05, 4.69) is 5.32 Å². The Morgan fingerprint density at radius 3 is 2.71 bits per heavy atom. The number of anilines is 1. The maximum absolute atomic E-state index is 13.7. The third kappa shape index (κ3) is 3.79. The van der Waals surface area contributed by atoms with E-state index in [1.807, 2.05) is 16.8 Å². The summed E-state index contributed by atoms with van der Waals surface area (Å²) in [6.45, 7) is 0.407. The van der Waals surface area contributed by atoms with Gasteiger partial charge in [-0.05, 0) is 40.6 Å². The molecule has 0 saturated heterocycles. The maximum Gasteiger partial charge on any atom is 0.335 e. The van der Waals surface area contributed by atoms with Crippen molar-refractivity contribution in [3.8, 4) is 0 Å². The Morgan fingerprint density at radius 1 is 1.38 bits per heavy atom. The number of carboxylic acids is 1.